The van der Waals surface area contributed by atoms with E-state index in [0.717, 1.165) is 15.9 Å². The van der Waals surface area contributed by atoms with Gasteiger partial charge in [0.15, 0.2) is 0 Å². The van der Waals surface area contributed by atoms with E-state index in [0.29, 0.717) is 6.54 Å². The SMILES string of the molecule is COc1cc(NCC(C)/C(N)=N/O)ccc1Br. The number of nitrogens with zero attached hydrogens (tertiary/aromatic N) is 1. The number of benzene rings is 1. The van der Waals surface area contributed by atoms with Crippen LogP contribution in [0, 0.1) is 5.92 Å². The Morgan fingerprint density at radius 3 is 2.94 bits per heavy atom. The van der Waals surface area contributed by atoms with Crippen LogP contribution in [0.5, 0.6) is 5.75 Å². The van der Waals surface area contributed by atoms with E-state index in [4.69, 9.17) is 15.7 Å². The lowest BCUT2D eigenvalue weighted by atomic mass is 10.1. The summed E-state index contributed by atoms with van der Waals surface area (Å²) < 4.78 is 6.08. The molecule has 0 radical (unpaired) electrons. The first-order valence-corrected chi connectivity index (χ1v) is 5.92. The van der Waals surface area contributed by atoms with Crippen molar-refractivity contribution in [2.45, 2.75) is 6.92 Å². The molecule has 1 rings (SSSR count). The standard InChI is InChI=1S/C11H16BrN3O2/c1-7(11(13)15-16)6-14-8-3-4-9(12)10(5-8)17-2/h3-5,7,14,16H,6H2,1-2H3,(H2,13,15). The topological polar surface area (TPSA) is 79.9 Å². The first-order valence-electron chi connectivity index (χ1n) is 5.13. The van der Waals surface area contributed by atoms with Gasteiger partial charge in [0.25, 0.3) is 0 Å². The van der Waals surface area contributed by atoms with Gasteiger partial charge in [-0.1, -0.05) is 12.1 Å². The summed E-state index contributed by atoms with van der Waals surface area (Å²) >= 11 is 3.38. The molecule has 94 valence electrons. The van der Waals surface area contributed by atoms with Gasteiger partial charge >= 0.3 is 0 Å². The first kappa shape index (κ1) is 13.6. The second kappa shape index (κ2) is 6.34. The summed E-state index contributed by atoms with van der Waals surface area (Å²) in [4.78, 5) is 0. The summed E-state index contributed by atoms with van der Waals surface area (Å²) in [5, 5.41) is 14.7. The highest BCUT2D eigenvalue weighted by Crippen LogP contribution is 2.27. The number of halogens is 1. The fourth-order valence-corrected chi connectivity index (χ4v) is 1.65. The van der Waals surface area contributed by atoms with Crippen molar-refractivity contribution in [2.75, 3.05) is 19.0 Å². The molecule has 0 bridgehead atoms. The van der Waals surface area contributed by atoms with Crippen molar-refractivity contribution in [1.82, 2.24) is 0 Å². The summed E-state index contributed by atoms with van der Waals surface area (Å²) in [5.74, 6) is 0.919. The minimum absolute atomic E-state index is 0.0466. The van der Waals surface area contributed by atoms with Crippen molar-refractivity contribution in [3.8, 4) is 5.75 Å². The molecule has 0 heterocycles. The van der Waals surface area contributed by atoms with Crippen molar-refractivity contribution in [3.63, 3.8) is 0 Å². The van der Waals surface area contributed by atoms with Crippen LogP contribution >= 0.6 is 15.9 Å². The van der Waals surface area contributed by atoms with Gasteiger partial charge in [0.05, 0.1) is 11.6 Å². The highest BCUT2D eigenvalue weighted by atomic mass is 79.9. The Hall–Kier alpha value is -1.43. The summed E-state index contributed by atoms with van der Waals surface area (Å²) in [6.07, 6.45) is 0. The van der Waals surface area contributed by atoms with E-state index < -0.39 is 0 Å². The van der Waals surface area contributed by atoms with Gasteiger partial charge in [-0.25, -0.2) is 0 Å². The highest BCUT2D eigenvalue weighted by molar-refractivity contribution is 9.10. The maximum absolute atomic E-state index is 8.53. The molecule has 4 N–H and O–H groups in total. The Labute approximate surface area is 109 Å². The zero-order chi connectivity index (χ0) is 12.8. The van der Waals surface area contributed by atoms with Crippen LogP contribution in [0.1, 0.15) is 6.92 Å². The summed E-state index contributed by atoms with van der Waals surface area (Å²) in [5.41, 5.74) is 6.41. The van der Waals surface area contributed by atoms with Gasteiger partial charge in [-0.2, -0.15) is 0 Å². The Bertz CT molecular complexity index is 410. The molecule has 0 aromatic heterocycles. The highest BCUT2D eigenvalue weighted by Gasteiger charge is 2.08. The number of hydrogen-bond acceptors (Lipinski definition) is 4. The maximum Gasteiger partial charge on any atom is 0.143 e. The maximum atomic E-state index is 8.53. The number of nitrogens with one attached hydrogen (secondary N) is 1. The summed E-state index contributed by atoms with van der Waals surface area (Å²) in [7, 11) is 1.61. The van der Waals surface area contributed by atoms with Crippen LogP contribution < -0.4 is 15.8 Å². The summed E-state index contributed by atoms with van der Waals surface area (Å²) in [6, 6.07) is 5.70. The lowest BCUT2D eigenvalue weighted by Gasteiger charge is -2.13. The third kappa shape index (κ3) is 3.81. The normalized spacial score (nSPS) is 13.2. The van der Waals surface area contributed by atoms with Crippen molar-refractivity contribution in [2.24, 2.45) is 16.8 Å². The van der Waals surface area contributed by atoms with Crippen LogP contribution in [0.15, 0.2) is 27.8 Å². The van der Waals surface area contributed by atoms with Gasteiger partial charge < -0.3 is 21.0 Å². The van der Waals surface area contributed by atoms with E-state index >= 15 is 0 Å². The Morgan fingerprint density at radius 2 is 2.35 bits per heavy atom. The number of hydrogen-bond donors (Lipinski definition) is 3. The molecular formula is C11H16BrN3O2. The molecule has 0 aliphatic heterocycles. The number of anilines is 1. The van der Waals surface area contributed by atoms with Crippen LogP contribution in [-0.2, 0) is 0 Å². The van der Waals surface area contributed by atoms with Gasteiger partial charge in [0.1, 0.15) is 11.6 Å². The lowest BCUT2D eigenvalue weighted by Crippen LogP contribution is -2.27. The monoisotopic (exact) mass is 301 g/mol. The largest absolute Gasteiger partial charge is 0.495 e. The number of amidine groups is 1. The van der Waals surface area contributed by atoms with E-state index in [1.165, 1.54) is 0 Å². The van der Waals surface area contributed by atoms with Gasteiger partial charge in [-0.15, -0.1) is 0 Å². The van der Waals surface area contributed by atoms with E-state index in [2.05, 4.69) is 26.4 Å². The molecule has 1 aromatic carbocycles. The average molecular weight is 302 g/mol. The minimum Gasteiger partial charge on any atom is -0.495 e. The molecule has 5 nitrogen and oxygen atoms in total. The Morgan fingerprint density at radius 1 is 1.65 bits per heavy atom. The molecule has 1 aromatic rings. The minimum atomic E-state index is -0.0466. The van der Waals surface area contributed by atoms with Crippen LogP contribution in [0.3, 0.4) is 0 Å². The number of oxime groups is 1. The molecule has 1 unspecified atom stereocenters. The van der Waals surface area contributed by atoms with Crippen LogP contribution in [0.2, 0.25) is 0 Å². The van der Waals surface area contributed by atoms with Crippen molar-refractivity contribution in [1.29, 1.82) is 0 Å². The number of ether oxygens (including phenoxy) is 1. The predicted molar refractivity (Wildman–Crippen MR) is 71.8 cm³/mol. The Kier molecular flexibility index (Phi) is 5.09. The zero-order valence-corrected chi connectivity index (χ0v) is 11.4. The van der Waals surface area contributed by atoms with Crippen molar-refractivity contribution < 1.29 is 9.94 Å². The van der Waals surface area contributed by atoms with Crippen LogP contribution in [0.4, 0.5) is 5.69 Å². The van der Waals surface area contributed by atoms with E-state index in [-0.39, 0.29) is 11.8 Å². The molecule has 0 aliphatic rings. The smallest absolute Gasteiger partial charge is 0.143 e. The molecule has 17 heavy (non-hydrogen) atoms. The van der Waals surface area contributed by atoms with E-state index in [1.54, 1.807) is 7.11 Å². The third-order valence-electron chi connectivity index (χ3n) is 2.38. The third-order valence-corrected chi connectivity index (χ3v) is 3.04. The fraction of sp³-hybridized carbons (Fsp3) is 0.364. The van der Waals surface area contributed by atoms with E-state index in [9.17, 15) is 0 Å². The fourth-order valence-electron chi connectivity index (χ4n) is 1.24. The molecule has 0 spiro atoms. The van der Waals surface area contributed by atoms with E-state index in [1.807, 2.05) is 25.1 Å². The van der Waals surface area contributed by atoms with Crippen LogP contribution in [-0.4, -0.2) is 24.7 Å². The molecule has 0 aliphatic carbocycles. The van der Waals surface area contributed by atoms with Gasteiger partial charge in [-0.05, 0) is 28.1 Å². The van der Waals surface area contributed by atoms with Gasteiger partial charge in [-0.3, -0.25) is 0 Å². The molecule has 0 saturated carbocycles. The van der Waals surface area contributed by atoms with Crippen molar-refractivity contribution in [3.05, 3.63) is 22.7 Å². The molecule has 0 saturated heterocycles. The second-order valence-electron chi connectivity index (χ2n) is 3.66. The zero-order valence-electron chi connectivity index (χ0n) is 9.77. The predicted octanol–water partition coefficient (Wildman–Crippen LogP) is 2.25. The molecule has 6 heteroatoms. The van der Waals surface area contributed by atoms with Gasteiger partial charge in [0, 0.05) is 24.2 Å². The quantitative estimate of drug-likeness (QED) is 0.337. The number of nitrogens with two attached hydrogens (primary N) is 1. The molecule has 0 amide bonds. The lowest BCUT2D eigenvalue weighted by molar-refractivity contribution is 0.315. The number of methoxy groups -OCH3 is 1. The first-order chi connectivity index (χ1) is 8.08. The summed E-state index contributed by atoms with van der Waals surface area (Å²) in [6.45, 7) is 2.46. The van der Waals surface area contributed by atoms with Gasteiger partial charge in [0.2, 0.25) is 0 Å². The number of rotatable bonds is 5. The second-order valence-corrected chi connectivity index (χ2v) is 4.51. The molecule has 1 atom stereocenters. The Balaban J connectivity index is 2.64. The average Bonchev–Trinajstić information content (AvgIpc) is 2.36. The molecule has 0 fully saturated rings. The molecular weight excluding hydrogens is 286 g/mol. The van der Waals surface area contributed by atoms with Crippen LogP contribution in [0.25, 0.3) is 0 Å². The van der Waals surface area contributed by atoms with Crippen molar-refractivity contribution >= 4 is 27.5 Å².